The molecule has 11 heavy (non-hydrogen) atoms. The Labute approximate surface area is 68.3 Å². The highest BCUT2D eigenvalue weighted by Gasteiger charge is 2.36. The Balaban J connectivity index is 2.00. The molecule has 1 saturated carbocycles. The van der Waals surface area contributed by atoms with Crippen molar-refractivity contribution in [2.24, 2.45) is 5.92 Å². The molecular weight excluding hydrogens is 138 g/mol. The zero-order valence-electron chi connectivity index (χ0n) is 7.18. The zero-order chi connectivity index (χ0) is 7.68. The second-order valence-corrected chi connectivity index (χ2v) is 3.69. The van der Waals surface area contributed by atoms with Gasteiger partial charge in [-0.1, -0.05) is 0 Å². The van der Waals surface area contributed by atoms with Crippen molar-refractivity contribution in [3.05, 3.63) is 0 Å². The van der Waals surface area contributed by atoms with Gasteiger partial charge < -0.3 is 10.1 Å². The maximum Gasteiger partial charge on any atom is 0.0619 e. The van der Waals surface area contributed by atoms with Gasteiger partial charge in [0.2, 0.25) is 0 Å². The van der Waals surface area contributed by atoms with Crippen molar-refractivity contribution in [2.45, 2.75) is 37.8 Å². The lowest BCUT2D eigenvalue weighted by Crippen LogP contribution is -2.41. The molecule has 1 saturated heterocycles. The Morgan fingerprint density at radius 3 is 3.00 bits per heavy atom. The molecule has 1 aliphatic carbocycles. The highest BCUT2D eigenvalue weighted by atomic mass is 16.5. The molecule has 0 bridgehead atoms. The molecule has 64 valence electrons. The topological polar surface area (TPSA) is 21.3 Å². The van der Waals surface area contributed by atoms with Crippen LogP contribution < -0.4 is 5.32 Å². The quantitative estimate of drug-likeness (QED) is 0.613. The lowest BCUT2D eigenvalue weighted by Gasteiger charge is -2.32. The first-order chi connectivity index (χ1) is 5.42. The van der Waals surface area contributed by atoms with E-state index in [0.29, 0.717) is 6.10 Å². The summed E-state index contributed by atoms with van der Waals surface area (Å²) in [6.07, 6.45) is 5.84. The van der Waals surface area contributed by atoms with E-state index in [2.05, 4.69) is 12.4 Å². The summed E-state index contributed by atoms with van der Waals surface area (Å²) in [6.45, 7) is 0.994. The van der Waals surface area contributed by atoms with Gasteiger partial charge in [-0.15, -0.1) is 0 Å². The fourth-order valence-corrected chi connectivity index (χ4v) is 2.53. The zero-order valence-corrected chi connectivity index (χ0v) is 7.18. The van der Waals surface area contributed by atoms with Crippen LogP contribution in [0.25, 0.3) is 0 Å². The van der Waals surface area contributed by atoms with Gasteiger partial charge in [0.1, 0.15) is 0 Å². The van der Waals surface area contributed by atoms with E-state index in [1.54, 1.807) is 0 Å². The number of ether oxygens (including phenoxy) is 1. The fourth-order valence-electron chi connectivity index (χ4n) is 2.53. The minimum atomic E-state index is 0.584. The molecule has 1 N–H and O–H groups in total. The monoisotopic (exact) mass is 155 g/mol. The van der Waals surface area contributed by atoms with Crippen LogP contribution >= 0.6 is 0 Å². The molecule has 0 aromatic heterocycles. The summed E-state index contributed by atoms with van der Waals surface area (Å²) in [5, 5.41) is 3.40. The summed E-state index contributed by atoms with van der Waals surface area (Å²) in [5.41, 5.74) is 0. The summed E-state index contributed by atoms with van der Waals surface area (Å²) in [5.74, 6) is 0.814. The van der Waals surface area contributed by atoms with Gasteiger partial charge in [0.05, 0.1) is 6.10 Å². The van der Waals surface area contributed by atoms with Crippen molar-refractivity contribution in [2.75, 3.05) is 13.7 Å². The van der Waals surface area contributed by atoms with Crippen LogP contribution in [0.5, 0.6) is 0 Å². The summed E-state index contributed by atoms with van der Waals surface area (Å²) in [6, 6.07) is 0.733. The van der Waals surface area contributed by atoms with Crippen LogP contribution in [0.3, 0.4) is 0 Å². The lowest BCUT2D eigenvalue weighted by molar-refractivity contribution is 0.0546. The maximum absolute atomic E-state index is 5.65. The minimum absolute atomic E-state index is 0.584. The Kier molecular flexibility index (Phi) is 2.14. The molecule has 1 heterocycles. The van der Waals surface area contributed by atoms with Crippen LogP contribution in [-0.2, 0) is 4.74 Å². The van der Waals surface area contributed by atoms with E-state index in [0.717, 1.165) is 18.6 Å². The van der Waals surface area contributed by atoms with Gasteiger partial charge >= 0.3 is 0 Å². The van der Waals surface area contributed by atoms with Crippen molar-refractivity contribution >= 4 is 0 Å². The summed E-state index contributed by atoms with van der Waals surface area (Å²) in [7, 11) is 2.07. The predicted octanol–water partition coefficient (Wildman–Crippen LogP) is 1.16. The van der Waals surface area contributed by atoms with Crippen molar-refractivity contribution in [1.82, 2.24) is 5.32 Å². The van der Waals surface area contributed by atoms with Crippen molar-refractivity contribution in [3.63, 3.8) is 0 Å². The van der Waals surface area contributed by atoms with Gasteiger partial charge in [0.15, 0.2) is 0 Å². The molecule has 3 atom stereocenters. The summed E-state index contributed by atoms with van der Waals surface area (Å²) in [4.78, 5) is 0. The molecule has 2 fully saturated rings. The number of rotatable bonds is 1. The maximum atomic E-state index is 5.65. The normalized spacial score (nSPS) is 43.9. The highest BCUT2D eigenvalue weighted by molar-refractivity contribution is 4.89. The van der Waals surface area contributed by atoms with E-state index in [1.807, 2.05) is 0 Å². The molecule has 0 radical (unpaired) electrons. The van der Waals surface area contributed by atoms with Gasteiger partial charge in [0, 0.05) is 18.6 Å². The van der Waals surface area contributed by atoms with E-state index < -0.39 is 0 Å². The predicted molar refractivity (Wildman–Crippen MR) is 44.5 cm³/mol. The first-order valence-electron chi connectivity index (χ1n) is 4.70. The van der Waals surface area contributed by atoms with E-state index >= 15 is 0 Å². The third-order valence-corrected chi connectivity index (χ3v) is 3.15. The molecule has 2 heteroatoms. The van der Waals surface area contributed by atoms with Crippen LogP contribution in [-0.4, -0.2) is 25.8 Å². The third-order valence-electron chi connectivity index (χ3n) is 3.15. The van der Waals surface area contributed by atoms with Gasteiger partial charge in [-0.3, -0.25) is 0 Å². The number of hydrogen-bond donors (Lipinski definition) is 1. The lowest BCUT2D eigenvalue weighted by atomic mass is 9.82. The molecule has 1 aliphatic heterocycles. The molecule has 2 aliphatic rings. The molecule has 0 spiro atoms. The highest BCUT2D eigenvalue weighted by Crippen LogP contribution is 2.33. The molecular formula is C9H17NO. The van der Waals surface area contributed by atoms with Crippen LogP contribution in [0.1, 0.15) is 25.7 Å². The smallest absolute Gasteiger partial charge is 0.0619 e. The van der Waals surface area contributed by atoms with E-state index in [4.69, 9.17) is 4.74 Å². The number of hydrogen-bond acceptors (Lipinski definition) is 2. The molecule has 2 nitrogen and oxygen atoms in total. The third kappa shape index (κ3) is 1.30. The molecule has 0 unspecified atom stereocenters. The first-order valence-corrected chi connectivity index (χ1v) is 4.70. The average molecular weight is 155 g/mol. The van der Waals surface area contributed by atoms with Gasteiger partial charge in [-0.25, -0.2) is 0 Å². The van der Waals surface area contributed by atoms with Crippen molar-refractivity contribution in [3.8, 4) is 0 Å². The van der Waals surface area contributed by atoms with Crippen molar-refractivity contribution in [1.29, 1.82) is 0 Å². The van der Waals surface area contributed by atoms with Crippen LogP contribution in [0.2, 0.25) is 0 Å². The van der Waals surface area contributed by atoms with E-state index in [9.17, 15) is 0 Å². The Bertz CT molecular complexity index is 138. The molecule has 0 aromatic rings. The SMILES string of the molecule is CN[C@H]1CCC[C@@H]2OCC[C@H]12. The largest absolute Gasteiger partial charge is 0.378 e. The molecule has 0 aromatic carbocycles. The standard InChI is InChI=1S/C9H17NO/c1-10-8-3-2-4-9-7(8)5-6-11-9/h7-10H,2-6H2,1H3/t7-,8+,9+/m1/s1. The average Bonchev–Trinajstić information content (AvgIpc) is 2.50. The Morgan fingerprint density at radius 2 is 2.18 bits per heavy atom. The van der Waals surface area contributed by atoms with Crippen LogP contribution in [0, 0.1) is 5.92 Å². The molecule has 0 amide bonds. The number of fused-ring (bicyclic) bond motifs is 1. The van der Waals surface area contributed by atoms with Crippen LogP contribution in [0.15, 0.2) is 0 Å². The first kappa shape index (κ1) is 7.56. The Morgan fingerprint density at radius 1 is 1.27 bits per heavy atom. The van der Waals surface area contributed by atoms with Crippen LogP contribution in [0.4, 0.5) is 0 Å². The van der Waals surface area contributed by atoms with E-state index in [-0.39, 0.29) is 0 Å². The van der Waals surface area contributed by atoms with Gasteiger partial charge in [0.25, 0.3) is 0 Å². The van der Waals surface area contributed by atoms with Gasteiger partial charge in [-0.05, 0) is 32.7 Å². The van der Waals surface area contributed by atoms with E-state index in [1.165, 1.54) is 25.7 Å². The second-order valence-electron chi connectivity index (χ2n) is 3.69. The fraction of sp³-hybridized carbons (Fsp3) is 1.00. The number of nitrogens with one attached hydrogen (secondary N) is 1. The molecule has 2 rings (SSSR count). The summed E-state index contributed by atoms with van der Waals surface area (Å²) < 4.78 is 5.65. The summed E-state index contributed by atoms with van der Waals surface area (Å²) >= 11 is 0. The van der Waals surface area contributed by atoms with Crippen molar-refractivity contribution < 1.29 is 4.74 Å². The minimum Gasteiger partial charge on any atom is -0.378 e. The second kappa shape index (κ2) is 3.11. The van der Waals surface area contributed by atoms with Gasteiger partial charge in [-0.2, -0.15) is 0 Å². The Hall–Kier alpha value is -0.0800.